The Hall–Kier alpha value is -3.09. The van der Waals surface area contributed by atoms with Gasteiger partial charge in [0.05, 0.1) is 17.2 Å². The second kappa shape index (κ2) is 11.4. The highest BCUT2D eigenvalue weighted by Gasteiger charge is 2.36. The molecule has 0 unspecified atom stereocenters. The number of hydrogen-bond acceptors (Lipinski definition) is 5. The molecular weight excluding hydrogens is 428 g/mol. The number of ether oxygens (including phenoxy) is 1. The highest BCUT2D eigenvalue weighted by Crippen LogP contribution is 2.31. The summed E-state index contributed by atoms with van der Waals surface area (Å²) in [6.07, 6.45) is 9.10. The second-order valence-corrected chi connectivity index (χ2v) is 9.24. The van der Waals surface area contributed by atoms with E-state index in [9.17, 15) is 9.59 Å². The molecule has 1 aromatic heterocycles. The molecule has 0 bridgehead atoms. The molecule has 7 nitrogen and oxygen atoms in total. The molecule has 7 heteroatoms. The molecule has 2 amide bonds. The predicted octanol–water partition coefficient (Wildman–Crippen LogP) is 4.53. The van der Waals surface area contributed by atoms with Crippen LogP contribution < -0.4 is 10.5 Å². The van der Waals surface area contributed by atoms with Gasteiger partial charge >= 0.3 is 0 Å². The number of benzene rings is 1. The van der Waals surface area contributed by atoms with E-state index < -0.39 is 0 Å². The van der Waals surface area contributed by atoms with E-state index in [0.717, 1.165) is 57.9 Å². The van der Waals surface area contributed by atoms with Crippen molar-refractivity contribution >= 4 is 17.6 Å². The molecule has 0 radical (unpaired) electrons. The van der Waals surface area contributed by atoms with Gasteiger partial charge in [0.2, 0.25) is 0 Å². The number of amides is 2. The van der Waals surface area contributed by atoms with Crippen molar-refractivity contribution in [1.82, 2.24) is 14.8 Å². The van der Waals surface area contributed by atoms with Crippen LogP contribution in [0.25, 0.3) is 0 Å². The highest BCUT2D eigenvalue weighted by molar-refractivity contribution is 5.98. The minimum Gasteiger partial charge on any atom is -0.487 e. The molecule has 2 aliphatic rings. The number of carbonyl (C=O) groups is 2. The molecule has 2 N–H and O–H groups in total. The molecule has 2 heterocycles. The van der Waals surface area contributed by atoms with Crippen LogP contribution in [0.2, 0.25) is 0 Å². The van der Waals surface area contributed by atoms with Gasteiger partial charge in [0.1, 0.15) is 17.7 Å². The number of rotatable bonds is 2. The third kappa shape index (κ3) is 5.34. The average molecular weight is 465 g/mol. The van der Waals surface area contributed by atoms with E-state index in [1.54, 1.807) is 18.3 Å². The molecule has 1 aromatic carbocycles. The van der Waals surface area contributed by atoms with Crippen LogP contribution in [0.5, 0.6) is 5.75 Å². The Morgan fingerprint density at radius 2 is 1.79 bits per heavy atom. The first-order chi connectivity index (χ1) is 16.6. The van der Waals surface area contributed by atoms with Gasteiger partial charge in [-0.05, 0) is 63.3 Å². The summed E-state index contributed by atoms with van der Waals surface area (Å²) in [5.74, 6) is 0.794. The van der Waals surface area contributed by atoms with E-state index in [1.165, 1.54) is 0 Å². The minimum atomic E-state index is -0.178. The molecule has 1 aliphatic heterocycles. The van der Waals surface area contributed by atoms with Crippen molar-refractivity contribution in [2.75, 3.05) is 25.4 Å². The van der Waals surface area contributed by atoms with E-state index in [4.69, 9.17) is 10.5 Å². The number of carbonyl (C=O) groups excluding carboxylic acids is 2. The molecule has 1 fully saturated rings. The normalized spacial score (nSPS) is 22.2. The number of nitrogens with two attached hydrogens (primary N) is 1. The van der Waals surface area contributed by atoms with Gasteiger partial charge < -0.3 is 20.3 Å². The first-order valence-corrected chi connectivity index (χ1v) is 12.7. The van der Waals surface area contributed by atoms with Crippen LogP contribution in [-0.2, 0) is 0 Å². The number of nitrogens with zero attached hydrogens (tertiary/aromatic N) is 3. The maximum atomic E-state index is 13.7. The highest BCUT2D eigenvalue weighted by atomic mass is 16.5. The van der Waals surface area contributed by atoms with Crippen LogP contribution in [0.3, 0.4) is 0 Å². The molecule has 182 valence electrons. The van der Waals surface area contributed by atoms with E-state index in [-0.39, 0.29) is 29.8 Å². The lowest BCUT2D eigenvalue weighted by atomic mass is 9.90. The summed E-state index contributed by atoms with van der Waals surface area (Å²) in [4.78, 5) is 35.0. The van der Waals surface area contributed by atoms with E-state index in [1.807, 2.05) is 41.0 Å². The van der Waals surface area contributed by atoms with Crippen molar-refractivity contribution < 1.29 is 14.3 Å². The summed E-state index contributed by atoms with van der Waals surface area (Å²) in [6.45, 7) is 4.09. The van der Waals surface area contributed by atoms with Crippen molar-refractivity contribution in [3.63, 3.8) is 0 Å². The summed E-state index contributed by atoms with van der Waals surface area (Å²) in [6, 6.07) is 11.0. The Bertz CT molecular complexity index is 995. The molecule has 1 aliphatic carbocycles. The van der Waals surface area contributed by atoms with Crippen LogP contribution in [0.15, 0.2) is 42.6 Å². The number of aromatic nitrogens is 1. The quantitative estimate of drug-likeness (QED) is 0.705. The number of fused-ring (bicyclic) bond motifs is 2. The lowest BCUT2D eigenvalue weighted by Crippen LogP contribution is -2.51. The molecule has 1 saturated carbocycles. The van der Waals surface area contributed by atoms with Crippen molar-refractivity contribution in [1.29, 1.82) is 0 Å². The zero-order valence-corrected chi connectivity index (χ0v) is 20.1. The first kappa shape index (κ1) is 24.0. The number of pyridine rings is 1. The third-order valence-corrected chi connectivity index (χ3v) is 7.04. The van der Waals surface area contributed by atoms with Gasteiger partial charge in [-0.2, -0.15) is 0 Å². The van der Waals surface area contributed by atoms with E-state index in [0.29, 0.717) is 30.0 Å². The Morgan fingerprint density at radius 3 is 2.59 bits per heavy atom. The van der Waals surface area contributed by atoms with Crippen LogP contribution >= 0.6 is 0 Å². The fourth-order valence-corrected chi connectivity index (χ4v) is 5.16. The SMILES string of the molecule is CCN1CCCCCCN(C(=O)c2cccnc2N)[C@@H]2CCCC[C@@H]2Oc2ccccc2C1=O. The summed E-state index contributed by atoms with van der Waals surface area (Å²) in [7, 11) is 0. The minimum absolute atomic E-state index is 0.0126. The van der Waals surface area contributed by atoms with Crippen molar-refractivity contribution in [2.24, 2.45) is 0 Å². The predicted molar refractivity (Wildman–Crippen MR) is 133 cm³/mol. The first-order valence-electron chi connectivity index (χ1n) is 12.7. The van der Waals surface area contributed by atoms with Gasteiger partial charge in [-0.3, -0.25) is 9.59 Å². The van der Waals surface area contributed by atoms with Crippen molar-refractivity contribution in [3.8, 4) is 5.75 Å². The topological polar surface area (TPSA) is 88.8 Å². The van der Waals surface area contributed by atoms with Crippen molar-refractivity contribution in [2.45, 2.75) is 70.4 Å². The third-order valence-electron chi connectivity index (χ3n) is 7.04. The summed E-state index contributed by atoms with van der Waals surface area (Å²) < 4.78 is 6.57. The molecule has 4 rings (SSSR count). The van der Waals surface area contributed by atoms with Gasteiger partial charge in [-0.1, -0.05) is 31.4 Å². The molecule has 2 atom stereocenters. The monoisotopic (exact) mass is 464 g/mol. The van der Waals surface area contributed by atoms with Crippen LogP contribution in [-0.4, -0.2) is 58.4 Å². The zero-order valence-electron chi connectivity index (χ0n) is 20.1. The number of anilines is 1. The summed E-state index contributed by atoms with van der Waals surface area (Å²) in [5, 5.41) is 0. The number of nitrogen functional groups attached to an aromatic ring is 1. The Kier molecular flexibility index (Phi) is 8.03. The molecule has 34 heavy (non-hydrogen) atoms. The Morgan fingerprint density at radius 1 is 1.03 bits per heavy atom. The zero-order chi connectivity index (χ0) is 23.9. The standard InChI is InChI=1S/C27H36N4O3/c1-2-30-18-9-3-4-10-19-31(27(33)21-13-11-17-29-25(21)28)22-14-6-8-16-24(22)34-23-15-7-5-12-20(23)26(30)32/h5,7,11-13,15,17,22,24H,2-4,6,8-10,14,16,18-19H2,1H3,(H2,28,29)/t22-,24+/m1/s1. The summed E-state index contributed by atoms with van der Waals surface area (Å²) in [5.41, 5.74) is 7.12. The van der Waals surface area contributed by atoms with Gasteiger partial charge in [0.15, 0.2) is 0 Å². The fourth-order valence-electron chi connectivity index (χ4n) is 5.16. The molecule has 0 spiro atoms. The van der Waals surface area contributed by atoms with Crippen LogP contribution in [0.1, 0.15) is 79.0 Å². The van der Waals surface area contributed by atoms with Gasteiger partial charge in [0, 0.05) is 25.8 Å². The molecule has 2 aromatic rings. The lowest BCUT2D eigenvalue weighted by Gasteiger charge is -2.40. The van der Waals surface area contributed by atoms with Gasteiger partial charge in [0.25, 0.3) is 11.8 Å². The summed E-state index contributed by atoms with van der Waals surface area (Å²) >= 11 is 0. The molecule has 0 saturated heterocycles. The van der Waals surface area contributed by atoms with Gasteiger partial charge in [-0.15, -0.1) is 0 Å². The number of hydrogen-bond donors (Lipinski definition) is 1. The Balaban J connectivity index is 1.69. The van der Waals surface area contributed by atoms with Crippen molar-refractivity contribution in [3.05, 3.63) is 53.7 Å². The lowest BCUT2D eigenvalue weighted by molar-refractivity contribution is 0.0267. The van der Waals surface area contributed by atoms with Crippen LogP contribution in [0, 0.1) is 0 Å². The smallest absolute Gasteiger partial charge is 0.257 e. The average Bonchev–Trinajstić information content (AvgIpc) is 2.86. The fraction of sp³-hybridized carbons (Fsp3) is 0.519. The van der Waals surface area contributed by atoms with E-state index in [2.05, 4.69) is 4.98 Å². The van der Waals surface area contributed by atoms with E-state index >= 15 is 0 Å². The van der Waals surface area contributed by atoms with Gasteiger partial charge in [-0.25, -0.2) is 4.98 Å². The maximum Gasteiger partial charge on any atom is 0.257 e. The largest absolute Gasteiger partial charge is 0.487 e. The maximum absolute atomic E-state index is 13.7. The number of para-hydroxylation sites is 1. The second-order valence-electron chi connectivity index (χ2n) is 9.24. The molecular formula is C27H36N4O3. The Labute approximate surface area is 202 Å². The van der Waals surface area contributed by atoms with Crippen LogP contribution in [0.4, 0.5) is 5.82 Å².